The van der Waals surface area contributed by atoms with Crippen LogP contribution >= 0.6 is 0 Å². The number of hydrogen-bond acceptors (Lipinski definition) is 3. The molecule has 0 unspecified atom stereocenters. The minimum Gasteiger partial charge on any atom is -0.374 e. The summed E-state index contributed by atoms with van der Waals surface area (Å²) in [4.78, 5) is 4.65. The number of rotatable bonds is 7. The zero-order valence-corrected chi connectivity index (χ0v) is 11.3. The lowest BCUT2D eigenvalue weighted by atomic mass is 10.2. The van der Waals surface area contributed by atoms with Gasteiger partial charge in [0, 0.05) is 38.2 Å². The van der Waals surface area contributed by atoms with Crippen LogP contribution in [0, 0.1) is 0 Å². The van der Waals surface area contributed by atoms with Crippen LogP contribution in [-0.4, -0.2) is 35.7 Å². The summed E-state index contributed by atoms with van der Waals surface area (Å²) in [6.45, 7) is 4.31. The Hall–Kier alpha value is -1.01. The Labute approximate surface area is 112 Å². The van der Waals surface area contributed by atoms with E-state index in [1.54, 1.807) is 0 Å². The number of nitrogens with zero attached hydrogens (tertiary/aromatic N) is 2. The molecule has 0 fully saturated rings. The molecule has 2 rings (SSSR count). The van der Waals surface area contributed by atoms with Crippen LogP contribution in [0.2, 0.25) is 0 Å². The molecule has 1 aromatic heterocycles. The number of hydrogen-bond donors (Lipinski definition) is 1. The number of halogens is 2. The number of aryl methyl sites for hydroxylation is 1. The Bertz CT molecular complexity index is 407. The van der Waals surface area contributed by atoms with Gasteiger partial charge in [-0.2, -0.15) is 0 Å². The molecule has 0 aliphatic carbocycles. The predicted molar refractivity (Wildman–Crippen MR) is 68.5 cm³/mol. The standard InChI is InChI=1S/C13H21F2N3O/c1-2-3-13-17-10-8-16-5-4-11(10)18(13)6-7-19-9-12(14)15/h12,16H,2-9H2,1H3. The number of fused-ring (bicyclic) bond motifs is 1. The largest absolute Gasteiger partial charge is 0.374 e. The summed E-state index contributed by atoms with van der Waals surface area (Å²) in [6, 6.07) is 0. The second-order valence-corrected chi connectivity index (χ2v) is 4.72. The number of nitrogens with one attached hydrogen (secondary N) is 1. The highest BCUT2D eigenvalue weighted by molar-refractivity contribution is 5.20. The molecule has 4 nitrogen and oxygen atoms in total. The van der Waals surface area contributed by atoms with E-state index in [1.165, 1.54) is 5.69 Å². The van der Waals surface area contributed by atoms with Gasteiger partial charge in [-0.25, -0.2) is 13.8 Å². The van der Waals surface area contributed by atoms with Gasteiger partial charge in [0.15, 0.2) is 0 Å². The van der Waals surface area contributed by atoms with Crippen molar-refractivity contribution < 1.29 is 13.5 Å². The van der Waals surface area contributed by atoms with Gasteiger partial charge in [0.1, 0.15) is 12.4 Å². The molecule has 1 aliphatic heterocycles. The highest BCUT2D eigenvalue weighted by Gasteiger charge is 2.18. The molecule has 0 amide bonds. The molecule has 108 valence electrons. The molecule has 0 atom stereocenters. The van der Waals surface area contributed by atoms with Crippen LogP contribution in [0.15, 0.2) is 0 Å². The molecule has 0 saturated carbocycles. The first-order valence-corrected chi connectivity index (χ1v) is 6.86. The molecule has 0 aromatic carbocycles. The smallest absolute Gasteiger partial charge is 0.261 e. The maximum Gasteiger partial charge on any atom is 0.261 e. The molecular formula is C13H21F2N3O. The first-order valence-electron chi connectivity index (χ1n) is 6.86. The fraction of sp³-hybridized carbons (Fsp3) is 0.769. The summed E-state index contributed by atoms with van der Waals surface area (Å²) in [5.74, 6) is 1.05. The molecule has 0 saturated heterocycles. The average Bonchev–Trinajstić information content (AvgIpc) is 2.73. The van der Waals surface area contributed by atoms with Crippen molar-refractivity contribution in [2.45, 2.75) is 45.7 Å². The van der Waals surface area contributed by atoms with Crippen LogP contribution in [0.4, 0.5) is 8.78 Å². The lowest BCUT2D eigenvalue weighted by molar-refractivity contribution is 0.0144. The van der Waals surface area contributed by atoms with E-state index in [9.17, 15) is 8.78 Å². The van der Waals surface area contributed by atoms with E-state index < -0.39 is 13.0 Å². The van der Waals surface area contributed by atoms with Crippen molar-refractivity contribution in [3.63, 3.8) is 0 Å². The van der Waals surface area contributed by atoms with E-state index in [1.807, 2.05) is 0 Å². The quantitative estimate of drug-likeness (QED) is 0.769. The maximum absolute atomic E-state index is 12.0. The van der Waals surface area contributed by atoms with Gasteiger partial charge in [0.2, 0.25) is 0 Å². The fourth-order valence-electron chi connectivity index (χ4n) is 2.43. The van der Waals surface area contributed by atoms with E-state index in [2.05, 4.69) is 21.8 Å². The molecule has 1 aliphatic rings. The summed E-state index contributed by atoms with van der Waals surface area (Å²) in [7, 11) is 0. The van der Waals surface area contributed by atoms with E-state index in [0.29, 0.717) is 13.2 Å². The molecule has 0 bridgehead atoms. The van der Waals surface area contributed by atoms with Crippen LogP contribution in [0.25, 0.3) is 0 Å². The summed E-state index contributed by atoms with van der Waals surface area (Å²) in [5, 5.41) is 3.30. The molecule has 0 spiro atoms. The summed E-state index contributed by atoms with van der Waals surface area (Å²) in [5.41, 5.74) is 2.34. The fourth-order valence-corrected chi connectivity index (χ4v) is 2.43. The van der Waals surface area contributed by atoms with Gasteiger partial charge >= 0.3 is 0 Å². The van der Waals surface area contributed by atoms with Gasteiger partial charge in [0.05, 0.1) is 12.3 Å². The van der Waals surface area contributed by atoms with Crippen LogP contribution < -0.4 is 5.32 Å². The van der Waals surface area contributed by atoms with Crippen molar-refractivity contribution in [3.8, 4) is 0 Å². The van der Waals surface area contributed by atoms with Gasteiger partial charge < -0.3 is 14.6 Å². The Morgan fingerprint density at radius 2 is 2.32 bits per heavy atom. The van der Waals surface area contributed by atoms with Crippen molar-refractivity contribution in [2.75, 3.05) is 19.8 Å². The predicted octanol–water partition coefficient (Wildman–Crippen LogP) is 1.76. The normalized spacial score (nSPS) is 14.9. The second kappa shape index (κ2) is 6.96. The summed E-state index contributed by atoms with van der Waals surface area (Å²) in [6.07, 6.45) is 0.500. The lowest BCUT2D eigenvalue weighted by Gasteiger charge is -2.16. The Morgan fingerprint density at radius 3 is 3.05 bits per heavy atom. The van der Waals surface area contributed by atoms with Crippen LogP contribution in [0.3, 0.4) is 0 Å². The molecule has 0 radical (unpaired) electrons. The highest BCUT2D eigenvalue weighted by atomic mass is 19.3. The second-order valence-electron chi connectivity index (χ2n) is 4.72. The van der Waals surface area contributed by atoms with Crippen molar-refractivity contribution in [1.29, 1.82) is 0 Å². The number of alkyl halides is 2. The van der Waals surface area contributed by atoms with Gasteiger partial charge in [-0.1, -0.05) is 6.92 Å². The van der Waals surface area contributed by atoms with E-state index >= 15 is 0 Å². The number of aromatic nitrogens is 2. The Morgan fingerprint density at radius 1 is 1.47 bits per heavy atom. The molecule has 1 aromatic rings. The third-order valence-corrected chi connectivity index (χ3v) is 3.24. The average molecular weight is 273 g/mol. The molecular weight excluding hydrogens is 252 g/mol. The Kier molecular flexibility index (Phi) is 5.27. The van der Waals surface area contributed by atoms with Gasteiger partial charge in [-0.05, 0) is 6.42 Å². The van der Waals surface area contributed by atoms with E-state index in [0.717, 1.165) is 43.9 Å². The van der Waals surface area contributed by atoms with Crippen molar-refractivity contribution >= 4 is 0 Å². The molecule has 2 heterocycles. The molecule has 1 N–H and O–H groups in total. The zero-order chi connectivity index (χ0) is 13.7. The SMILES string of the molecule is CCCc1nc2c(n1CCOCC(F)F)CCNC2. The van der Waals surface area contributed by atoms with E-state index in [-0.39, 0.29) is 0 Å². The number of imidazole rings is 1. The van der Waals surface area contributed by atoms with Gasteiger partial charge in [-0.3, -0.25) is 0 Å². The van der Waals surface area contributed by atoms with Crippen molar-refractivity contribution in [2.24, 2.45) is 0 Å². The Balaban J connectivity index is 2.01. The minimum atomic E-state index is -2.39. The molecule has 6 heteroatoms. The van der Waals surface area contributed by atoms with Crippen molar-refractivity contribution in [1.82, 2.24) is 14.9 Å². The van der Waals surface area contributed by atoms with Crippen LogP contribution in [0.5, 0.6) is 0 Å². The molecule has 19 heavy (non-hydrogen) atoms. The first kappa shape index (κ1) is 14.4. The third-order valence-electron chi connectivity index (χ3n) is 3.24. The zero-order valence-electron chi connectivity index (χ0n) is 11.3. The van der Waals surface area contributed by atoms with Crippen molar-refractivity contribution in [3.05, 3.63) is 17.2 Å². The topological polar surface area (TPSA) is 39.1 Å². The monoisotopic (exact) mass is 273 g/mol. The van der Waals surface area contributed by atoms with Gasteiger partial charge in [0.25, 0.3) is 6.43 Å². The minimum absolute atomic E-state index is 0.317. The summed E-state index contributed by atoms with van der Waals surface area (Å²) < 4.78 is 31.2. The van der Waals surface area contributed by atoms with Crippen LogP contribution in [0.1, 0.15) is 30.6 Å². The first-order chi connectivity index (χ1) is 9.22. The maximum atomic E-state index is 12.0. The third kappa shape index (κ3) is 3.73. The summed E-state index contributed by atoms with van der Waals surface area (Å²) >= 11 is 0. The van der Waals surface area contributed by atoms with Gasteiger partial charge in [-0.15, -0.1) is 0 Å². The highest BCUT2D eigenvalue weighted by Crippen LogP contribution is 2.17. The lowest BCUT2D eigenvalue weighted by Crippen LogP contribution is -2.25. The van der Waals surface area contributed by atoms with E-state index in [4.69, 9.17) is 4.74 Å². The number of ether oxygens (including phenoxy) is 1. The van der Waals surface area contributed by atoms with Crippen LogP contribution in [-0.2, 0) is 30.7 Å².